The average molecular weight is 534 g/mol. The van der Waals surface area contributed by atoms with E-state index in [1.165, 1.54) is 0 Å². The molecular weight excluding hydrogens is 510 g/mol. The number of pyridine rings is 1. The van der Waals surface area contributed by atoms with Crippen molar-refractivity contribution >= 4 is 44.7 Å². The van der Waals surface area contributed by atoms with Gasteiger partial charge in [0.1, 0.15) is 6.04 Å². The van der Waals surface area contributed by atoms with Crippen molar-refractivity contribution in [3.63, 3.8) is 0 Å². The van der Waals surface area contributed by atoms with E-state index in [0.717, 1.165) is 23.3 Å². The van der Waals surface area contributed by atoms with Crippen molar-refractivity contribution in [2.75, 3.05) is 15.9 Å². The molecule has 0 spiro atoms. The summed E-state index contributed by atoms with van der Waals surface area (Å²) in [4.78, 5) is 18.1. The van der Waals surface area contributed by atoms with Crippen LogP contribution in [0.3, 0.4) is 0 Å². The number of hydrogen-bond acceptors (Lipinski definition) is 5. The molecule has 2 aromatic heterocycles. The van der Waals surface area contributed by atoms with Crippen molar-refractivity contribution in [2.24, 2.45) is 0 Å². The minimum atomic E-state index is -3.41. The van der Waals surface area contributed by atoms with Crippen LogP contribution in [-0.4, -0.2) is 40.4 Å². The molecule has 1 fully saturated rings. The molecule has 3 N–H and O–H groups in total. The maximum absolute atomic E-state index is 11.6. The summed E-state index contributed by atoms with van der Waals surface area (Å²) in [6.07, 6.45) is 4.70. The van der Waals surface area contributed by atoms with E-state index in [1.54, 1.807) is 48.7 Å². The van der Waals surface area contributed by atoms with Crippen LogP contribution in [0, 0.1) is 0 Å². The molecule has 0 bridgehead atoms. The second-order valence-electron chi connectivity index (χ2n) is 8.58. The fourth-order valence-electron chi connectivity index (χ4n) is 4.50. The molecule has 11 heteroatoms. The average Bonchev–Trinajstić information content (AvgIpc) is 3.48. The maximum atomic E-state index is 11.6. The molecule has 4 aromatic rings. The molecule has 5 rings (SSSR count). The minimum absolute atomic E-state index is 0.185. The lowest BCUT2D eigenvalue weighted by Crippen LogP contribution is -2.30. The topological polar surface area (TPSA) is 117 Å². The van der Waals surface area contributed by atoms with E-state index in [2.05, 4.69) is 15.0 Å². The van der Waals surface area contributed by atoms with Gasteiger partial charge >= 0.3 is 5.97 Å². The maximum Gasteiger partial charge on any atom is 0.335 e. The van der Waals surface area contributed by atoms with Gasteiger partial charge in [0, 0.05) is 35.1 Å². The molecule has 2 atom stereocenters. The number of carbonyl (C=O) groups is 1. The van der Waals surface area contributed by atoms with Crippen molar-refractivity contribution in [1.29, 1.82) is 0 Å². The van der Waals surface area contributed by atoms with Crippen LogP contribution in [0.1, 0.15) is 33.8 Å². The molecule has 0 amide bonds. The number of carboxylic acid groups (broad SMARTS) is 1. The molecule has 1 saturated heterocycles. The number of benzene rings is 2. The first-order valence-corrected chi connectivity index (χ1v) is 13.6. The second-order valence-corrected chi connectivity index (χ2v) is 10.7. The largest absolute Gasteiger partial charge is 0.478 e. The molecule has 0 aliphatic carbocycles. The van der Waals surface area contributed by atoms with Crippen molar-refractivity contribution in [3.05, 3.63) is 108 Å². The van der Waals surface area contributed by atoms with Gasteiger partial charge in [0.05, 0.1) is 23.6 Å². The molecule has 3 heterocycles. The van der Waals surface area contributed by atoms with Gasteiger partial charge < -0.3 is 19.9 Å². The van der Waals surface area contributed by atoms with Crippen LogP contribution < -0.4 is 14.9 Å². The van der Waals surface area contributed by atoms with Crippen LogP contribution >= 0.6 is 12.2 Å². The Kier molecular flexibility index (Phi) is 6.40. The molecular formula is C26H23N5O4S2. The summed E-state index contributed by atoms with van der Waals surface area (Å²) >= 11 is 5.77. The van der Waals surface area contributed by atoms with Crippen molar-refractivity contribution < 1.29 is 18.3 Å². The summed E-state index contributed by atoms with van der Waals surface area (Å²) < 4.78 is 27.7. The molecule has 188 valence electrons. The third-order valence-electron chi connectivity index (χ3n) is 6.00. The predicted molar refractivity (Wildman–Crippen MR) is 146 cm³/mol. The zero-order chi connectivity index (χ0) is 26.2. The Morgan fingerprint density at radius 2 is 1.81 bits per heavy atom. The van der Waals surface area contributed by atoms with Gasteiger partial charge in [-0.1, -0.05) is 12.1 Å². The number of hydrogen-bond donors (Lipinski definition) is 3. The van der Waals surface area contributed by atoms with Crippen LogP contribution in [-0.2, 0) is 10.0 Å². The molecule has 9 nitrogen and oxygen atoms in total. The Labute approximate surface area is 219 Å². The number of aromatic nitrogens is 2. The lowest BCUT2D eigenvalue weighted by Gasteiger charge is -2.29. The molecule has 1 aliphatic rings. The SMILES string of the molecule is CS(=O)(=O)Nc1ccc(N2C(=S)N[C@H](c3ccccn3)[C@@H]2c2cccn2-c2cccc(C(=O)O)c2)cc1. The Hall–Kier alpha value is -4.22. The first-order valence-electron chi connectivity index (χ1n) is 11.3. The monoisotopic (exact) mass is 533 g/mol. The van der Waals surface area contributed by atoms with Crippen molar-refractivity contribution in [2.45, 2.75) is 12.1 Å². The summed E-state index contributed by atoms with van der Waals surface area (Å²) in [5, 5.41) is 13.4. The number of nitrogens with zero attached hydrogens (tertiary/aromatic N) is 3. The fraction of sp³-hybridized carbons (Fsp3) is 0.115. The van der Waals surface area contributed by atoms with Crippen LogP contribution in [0.25, 0.3) is 5.69 Å². The Balaban J connectivity index is 1.61. The lowest BCUT2D eigenvalue weighted by atomic mass is 10.0. The van der Waals surface area contributed by atoms with E-state index in [4.69, 9.17) is 12.2 Å². The van der Waals surface area contributed by atoms with Crippen LogP contribution in [0.2, 0.25) is 0 Å². The number of nitrogens with one attached hydrogen (secondary N) is 2. The molecule has 0 unspecified atom stereocenters. The van der Waals surface area contributed by atoms with Gasteiger partial charge in [-0.25, -0.2) is 13.2 Å². The smallest absolute Gasteiger partial charge is 0.335 e. The van der Waals surface area contributed by atoms with E-state index in [-0.39, 0.29) is 17.6 Å². The van der Waals surface area contributed by atoms with E-state index in [0.29, 0.717) is 16.5 Å². The van der Waals surface area contributed by atoms with Crippen LogP contribution in [0.5, 0.6) is 0 Å². The predicted octanol–water partition coefficient (Wildman–Crippen LogP) is 4.12. The lowest BCUT2D eigenvalue weighted by molar-refractivity contribution is 0.0697. The molecule has 1 aliphatic heterocycles. The number of carboxylic acids is 1. The van der Waals surface area contributed by atoms with Gasteiger partial charge in [-0.15, -0.1) is 0 Å². The van der Waals surface area contributed by atoms with Gasteiger partial charge in [0.2, 0.25) is 10.0 Å². The zero-order valence-corrected chi connectivity index (χ0v) is 21.3. The number of anilines is 2. The Morgan fingerprint density at radius 1 is 1.03 bits per heavy atom. The first-order chi connectivity index (χ1) is 17.7. The summed E-state index contributed by atoms with van der Waals surface area (Å²) in [6.45, 7) is 0. The van der Waals surface area contributed by atoms with Crippen LogP contribution in [0.15, 0.2) is 91.3 Å². The van der Waals surface area contributed by atoms with E-state index in [1.807, 2.05) is 52.1 Å². The standard InChI is InChI=1S/C26H23N5O4S2/c1-37(34,35)29-18-10-12-19(13-11-18)31-24(23(28-26(31)36)21-8-2-3-14-27-21)22-9-5-15-30(22)20-7-4-6-17(16-20)25(32)33/h2-16,23-24,29H,1H3,(H,28,36)(H,32,33)/t23-,24+/m1/s1. The summed E-state index contributed by atoms with van der Waals surface area (Å²) in [5.74, 6) is -1.00. The number of sulfonamides is 1. The van der Waals surface area contributed by atoms with E-state index >= 15 is 0 Å². The van der Waals surface area contributed by atoms with Crippen molar-refractivity contribution in [3.8, 4) is 5.69 Å². The molecule has 0 radical (unpaired) electrons. The second kappa shape index (κ2) is 9.68. The van der Waals surface area contributed by atoms with Gasteiger partial charge in [0.25, 0.3) is 0 Å². The highest BCUT2D eigenvalue weighted by atomic mass is 32.2. The fourth-order valence-corrected chi connectivity index (χ4v) is 5.41. The zero-order valence-electron chi connectivity index (χ0n) is 19.6. The third-order valence-corrected chi connectivity index (χ3v) is 6.92. The van der Waals surface area contributed by atoms with Gasteiger partial charge in [-0.2, -0.15) is 0 Å². The number of thiocarbonyl (C=S) groups is 1. The van der Waals surface area contributed by atoms with E-state index < -0.39 is 16.0 Å². The third kappa shape index (κ3) is 5.04. The number of aromatic carboxylic acids is 1. The van der Waals surface area contributed by atoms with Crippen LogP contribution in [0.4, 0.5) is 11.4 Å². The molecule has 0 saturated carbocycles. The number of rotatable bonds is 7. The summed E-state index contributed by atoms with van der Waals surface area (Å²) in [7, 11) is -3.41. The van der Waals surface area contributed by atoms with E-state index in [9.17, 15) is 18.3 Å². The van der Waals surface area contributed by atoms with Gasteiger partial charge in [-0.05, 0) is 78.9 Å². The molecule has 2 aromatic carbocycles. The van der Waals surface area contributed by atoms with Gasteiger partial charge in [-0.3, -0.25) is 9.71 Å². The minimum Gasteiger partial charge on any atom is -0.478 e. The highest BCUT2D eigenvalue weighted by Crippen LogP contribution is 2.42. The highest BCUT2D eigenvalue weighted by molar-refractivity contribution is 7.92. The Morgan fingerprint density at radius 3 is 2.49 bits per heavy atom. The Bertz CT molecular complexity index is 1570. The quantitative estimate of drug-likeness (QED) is 0.304. The summed E-state index contributed by atoms with van der Waals surface area (Å²) in [6, 6.07) is 22.6. The molecule has 37 heavy (non-hydrogen) atoms. The first kappa shape index (κ1) is 24.5. The summed E-state index contributed by atoms with van der Waals surface area (Å²) in [5.41, 5.74) is 3.74. The van der Waals surface area contributed by atoms with Crippen molar-refractivity contribution in [1.82, 2.24) is 14.9 Å². The highest BCUT2D eigenvalue weighted by Gasteiger charge is 2.42. The van der Waals surface area contributed by atoms with Gasteiger partial charge in [0.15, 0.2) is 5.11 Å². The normalized spacial score (nSPS) is 17.4.